The van der Waals surface area contributed by atoms with Gasteiger partial charge in [-0.25, -0.2) is 0 Å². The first-order valence-electron chi connectivity index (χ1n) is 7.46. The predicted octanol–water partition coefficient (Wildman–Crippen LogP) is 4.74. The summed E-state index contributed by atoms with van der Waals surface area (Å²) in [6, 6.07) is 3.80. The zero-order valence-electron chi connectivity index (χ0n) is 12.2. The molecule has 6 heteroatoms. The zero-order valence-corrected chi connectivity index (χ0v) is 13.8. The Hall–Kier alpha value is -1.69. The average Bonchev–Trinajstić information content (AvgIpc) is 3.13. The molecule has 0 unspecified atom stereocenters. The van der Waals surface area contributed by atoms with Crippen LogP contribution in [0.5, 0.6) is 5.88 Å². The van der Waals surface area contributed by atoms with E-state index in [-0.39, 0.29) is 23.1 Å². The van der Waals surface area contributed by atoms with Crippen molar-refractivity contribution in [2.45, 2.75) is 32.6 Å². The van der Waals surface area contributed by atoms with Gasteiger partial charge < -0.3 is 10.1 Å². The van der Waals surface area contributed by atoms with E-state index in [0.717, 1.165) is 40.2 Å². The van der Waals surface area contributed by atoms with Crippen LogP contribution in [-0.2, 0) is 4.79 Å². The number of rotatable bonds is 2. The van der Waals surface area contributed by atoms with Gasteiger partial charge >= 0.3 is 0 Å². The number of benzene rings is 1. The highest BCUT2D eigenvalue weighted by atomic mass is 79.9. The van der Waals surface area contributed by atoms with Crippen LogP contribution in [0.4, 0.5) is 5.69 Å². The molecule has 1 aromatic heterocycles. The Morgan fingerprint density at radius 3 is 2.86 bits per heavy atom. The van der Waals surface area contributed by atoms with Crippen LogP contribution in [0, 0.1) is 18.3 Å². The Balaban J connectivity index is 1.63. The van der Waals surface area contributed by atoms with Gasteiger partial charge in [0, 0.05) is 15.8 Å². The van der Waals surface area contributed by atoms with E-state index in [1.165, 1.54) is 6.42 Å². The van der Waals surface area contributed by atoms with Crippen LogP contribution in [0.3, 0.4) is 0 Å². The lowest BCUT2D eigenvalue weighted by atomic mass is 9.80. The van der Waals surface area contributed by atoms with E-state index in [2.05, 4.69) is 31.1 Å². The van der Waals surface area contributed by atoms with Crippen LogP contribution in [0.25, 0.3) is 10.9 Å². The lowest BCUT2D eigenvalue weighted by Crippen LogP contribution is -2.17. The smallest absolute Gasteiger partial charge is 0.268 e. The number of halogens is 1. The summed E-state index contributed by atoms with van der Waals surface area (Å²) in [5.41, 5.74) is 2.38. The van der Waals surface area contributed by atoms with Crippen molar-refractivity contribution in [2.75, 3.05) is 0 Å². The molecule has 2 saturated carbocycles. The first kappa shape index (κ1) is 13.9. The SMILES string of the molecule is Cc1cc2c(N=NC(=O)[C@@H]3CC34CCC4)c(O)[nH]c2cc1Br. The minimum absolute atomic E-state index is 0.0493. The summed E-state index contributed by atoms with van der Waals surface area (Å²) < 4.78 is 0.950. The van der Waals surface area contributed by atoms with Gasteiger partial charge in [-0.05, 0) is 49.3 Å². The van der Waals surface area contributed by atoms with Crippen molar-refractivity contribution in [1.82, 2.24) is 4.98 Å². The number of carbonyl (C=O) groups is 1. The molecule has 22 heavy (non-hydrogen) atoms. The van der Waals surface area contributed by atoms with Crippen molar-refractivity contribution in [3.8, 4) is 5.88 Å². The molecule has 0 aliphatic heterocycles. The van der Waals surface area contributed by atoms with Gasteiger partial charge in [0.15, 0.2) is 5.69 Å². The molecule has 4 rings (SSSR count). The summed E-state index contributed by atoms with van der Waals surface area (Å²) in [4.78, 5) is 15.0. The number of nitrogens with zero attached hydrogens (tertiary/aromatic N) is 2. The maximum atomic E-state index is 12.1. The lowest BCUT2D eigenvalue weighted by Gasteiger charge is -2.25. The van der Waals surface area contributed by atoms with Crippen LogP contribution in [0.1, 0.15) is 31.2 Å². The predicted molar refractivity (Wildman–Crippen MR) is 86.3 cm³/mol. The quantitative estimate of drug-likeness (QED) is 0.757. The molecule has 2 N–H and O–H groups in total. The molecule has 2 aromatic rings. The summed E-state index contributed by atoms with van der Waals surface area (Å²) in [6.45, 7) is 1.96. The maximum Gasteiger partial charge on any atom is 0.268 e. The largest absolute Gasteiger partial charge is 0.493 e. The highest BCUT2D eigenvalue weighted by Gasteiger charge is 2.61. The highest BCUT2D eigenvalue weighted by Crippen LogP contribution is 2.65. The zero-order chi connectivity index (χ0) is 15.5. The number of carbonyl (C=O) groups excluding carboxylic acids is 1. The van der Waals surface area contributed by atoms with Crippen LogP contribution in [0.2, 0.25) is 0 Å². The van der Waals surface area contributed by atoms with E-state index in [9.17, 15) is 9.90 Å². The molecule has 5 nitrogen and oxygen atoms in total. The van der Waals surface area contributed by atoms with Crippen LogP contribution >= 0.6 is 15.9 Å². The maximum absolute atomic E-state index is 12.1. The Kier molecular flexibility index (Phi) is 2.95. The van der Waals surface area contributed by atoms with Gasteiger partial charge in [-0.3, -0.25) is 4.79 Å². The number of azo groups is 1. The molecular weight excluding hydrogens is 346 g/mol. The molecule has 2 fully saturated rings. The van der Waals surface area contributed by atoms with E-state index < -0.39 is 0 Å². The third kappa shape index (κ3) is 2.00. The molecule has 1 amide bonds. The third-order valence-electron chi connectivity index (χ3n) is 5.12. The van der Waals surface area contributed by atoms with Crippen molar-refractivity contribution in [3.05, 3.63) is 22.2 Å². The average molecular weight is 362 g/mol. The Morgan fingerprint density at radius 1 is 1.45 bits per heavy atom. The van der Waals surface area contributed by atoms with Gasteiger partial charge in [0.2, 0.25) is 5.88 Å². The first-order chi connectivity index (χ1) is 10.5. The fraction of sp³-hybridized carbons (Fsp3) is 0.438. The first-order valence-corrected chi connectivity index (χ1v) is 8.26. The van der Waals surface area contributed by atoms with E-state index >= 15 is 0 Å². The molecule has 0 bridgehead atoms. The van der Waals surface area contributed by atoms with E-state index in [4.69, 9.17) is 0 Å². The van der Waals surface area contributed by atoms with Gasteiger partial charge in [0.1, 0.15) is 0 Å². The molecule has 0 radical (unpaired) electrons. The highest BCUT2D eigenvalue weighted by molar-refractivity contribution is 9.10. The number of aryl methyl sites for hydroxylation is 1. The molecule has 1 spiro atoms. The van der Waals surface area contributed by atoms with E-state index in [1.54, 1.807) is 0 Å². The number of hydrogen-bond donors (Lipinski definition) is 2. The van der Waals surface area contributed by atoms with Crippen molar-refractivity contribution in [1.29, 1.82) is 0 Å². The summed E-state index contributed by atoms with van der Waals surface area (Å²) in [7, 11) is 0. The minimum atomic E-state index is -0.151. The summed E-state index contributed by atoms with van der Waals surface area (Å²) in [6.07, 6.45) is 4.46. The molecule has 0 saturated heterocycles. The van der Waals surface area contributed by atoms with Crippen LogP contribution in [0.15, 0.2) is 26.8 Å². The standard InChI is InChI=1S/C16H16BrN3O2/c1-8-5-9-12(6-11(8)17)18-15(22)13(9)19-20-14(21)10-7-16(10)3-2-4-16/h5-6,10,18,22H,2-4,7H2,1H3/t10-/m0/s1. The second-order valence-corrected chi connectivity index (χ2v) is 7.33. The van der Waals surface area contributed by atoms with Crippen molar-refractivity contribution in [2.24, 2.45) is 21.6 Å². The summed E-state index contributed by atoms with van der Waals surface area (Å²) >= 11 is 3.46. The molecule has 1 atom stereocenters. The van der Waals surface area contributed by atoms with Crippen molar-refractivity contribution < 1.29 is 9.90 Å². The Morgan fingerprint density at radius 2 is 2.23 bits per heavy atom. The number of fused-ring (bicyclic) bond motifs is 1. The van der Waals surface area contributed by atoms with Crippen LogP contribution in [-0.4, -0.2) is 16.0 Å². The molecule has 114 valence electrons. The number of hydrogen-bond acceptors (Lipinski definition) is 3. The normalized spacial score (nSPS) is 22.4. The molecule has 1 heterocycles. The monoisotopic (exact) mass is 361 g/mol. The second-order valence-electron chi connectivity index (χ2n) is 6.48. The number of aromatic nitrogens is 1. The minimum Gasteiger partial charge on any atom is -0.493 e. The molecule has 1 aromatic carbocycles. The lowest BCUT2D eigenvalue weighted by molar-refractivity contribution is -0.120. The summed E-state index contributed by atoms with van der Waals surface area (Å²) in [5, 5.41) is 18.7. The molecular formula is C16H16BrN3O2. The fourth-order valence-corrected chi connectivity index (χ4v) is 3.79. The number of H-pyrrole nitrogens is 1. The second kappa shape index (κ2) is 4.65. The number of aromatic hydroxyl groups is 1. The van der Waals surface area contributed by atoms with E-state index in [1.807, 2.05) is 19.1 Å². The number of nitrogens with one attached hydrogen (secondary N) is 1. The van der Waals surface area contributed by atoms with Gasteiger partial charge in [-0.2, -0.15) is 0 Å². The van der Waals surface area contributed by atoms with Crippen LogP contribution < -0.4 is 0 Å². The fourth-order valence-electron chi connectivity index (χ4n) is 3.45. The van der Waals surface area contributed by atoms with Crippen molar-refractivity contribution >= 4 is 38.4 Å². The van der Waals surface area contributed by atoms with Gasteiger partial charge in [-0.1, -0.05) is 22.4 Å². The third-order valence-corrected chi connectivity index (χ3v) is 5.97. The number of aromatic amines is 1. The Labute approximate surface area is 136 Å². The molecule has 2 aliphatic carbocycles. The van der Waals surface area contributed by atoms with E-state index in [0.29, 0.717) is 5.69 Å². The van der Waals surface area contributed by atoms with Gasteiger partial charge in [-0.15, -0.1) is 10.2 Å². The molecule has 2 aliphatic rings. The van der Waals surface area contributed by atoms with Crippen molar-refractivity contribution in [3.63, 3.8) is 0 Å². The topological polar surface area (TPSA) is 77.8 Å². The number of amides is 1. The Bertz CT molecular complexity index is 820. The van der Waals surface area contributed by atoms with Gasteiger partial charge in [0.25, 0.3) is 5.91 Å². The van der Waals surface area contributed by atoms with Gasteiger partial charge in [0.05, 0.1) is 5.52 Å². The summed E-state index contributed by atoms with van der Waals surface area (Å²) in [5.74, 6) is -0.159.